The van der Waals surface area contributed by atoms with Gasteiger partial charge in [-0.15, -0.1) is 0 Å². The van der Waals surface area contributed by atoms with E-state index in [1.807, 2.05) is 4.90 Å². The van der Waals surface area contributed by atoms with Crippen molar-refractivity contribution in [2.24, 2.45) is 11.8 Å². The van der Waals surface area contributed by atoms with E-state index in [-0.39, 0.29) is 11.8 Å². The van der Waals surface area contributed by atoms with Crippen LogP contribution in [0.3, 0.4) is 0 Å². The van der Waals surface area contributed by atoms with Gasteiger partial charge >= 0.3 is 0 Å². The third kappa shape index (κ3) is 3.79. The van der Waals surface area contributed by atoms with Crippen molar-refractivity contribution in [3.05, 3.63) is 11.7 Å². The van der Waals surface area contributed by atoms with Gasteiger partial charge in [0.25, 0.3) is 0 Å². The molecule has 0 aromatic carbocycles. The van der Waals surface area contributed by atoms with Gasteiger partial charge in [-0.25, -0.2) is 0 Å². The molecule has 1 aromatic rings. The summed E-state index contributed by atoms with van der Waals surface area (Å²) in [6.45, 7) is 3.13. The highest BCUT2D eigenvalue weighted by Crippen LogP contribution is 2.32. The molecule has 3 fully saturated rings. The second kappa shape index (κ2) is 7.21. The zero-order valence-electron chi connectivity index (χ0n) is 14.3. The summed E-state index contributed by atoms with van der Waals surface area (Å²) >= 11 is 0. The van der Waals surface area contributed by atoms with E-state index in [2.05, 4.69) is 10.1 Å². The molecule has 2 saturated carbocycles. The summed E-state index contributed by atoms with van der Waals surface area (Å²) in [6, 6.07) is 0. The largest absolute Gasteiger partial charge is 0.381 e. The van der Waals surface area contributed by atoms with Gasteiger partial charge in [0.15, 0.2) is 5.82 Å². The first-order valence-electron chi connectivity index (χ1n) is 9.48. The maximum absolute atomic E-state index is 12.4. The van der Waals surface area contributed by atoms with E-state index in [1.165, 1.54) is 19.3 Å². The number of amides is 1. The number of piperidine rings is 1. The van der Waals surface area contributed by atoms with Gasteiger partial charge in [0.1, 0.15) is 0 Å². The fourth-order valence-electron chi connectivity index (χ4n) is 3.53. The number of hydrogen-bond acceptors (Lipinski definition) is 5. The minimum Gasteiger partial charge on any atom is -0.381 e. The second-order valence-corrected chi connectivity index (χ2v) is 7.57. The van der Waals surface area contributed by atoms with Gasteiger partial charge in [-0.3, -0.25) is 4.79 Å². The topological polar surface area (TPSA) is 68.5 Å². The molecule has 0 bridgehead atoms. The predicted octanol–water partition coefficient (Wildman–Crippen LogP) is 2.54. The van der Waals surface area contributed by atoms with Crippen molar-refractivity contribution in [1.29, 1.82) is 0 Å². The molecule has 1 aromatic heterocycles. The highest BCUT2D eigenvalue weighted by Gasteiger charge is 2.34. The molecule has 132 valence electrons. The Morgan fingerprint density at radius 2 is 2.08 bits per heavy atom. The smallest absolute Gasteiger partial charge is 0.231 e. The van der Waals surface area contributed by atoms with Crippen molar-refractivity contribution in [3.8, 4) is 0 Å². The van der Waals surface area contributed by atoms with E-state index >= 15 is 0 Å². The van der Waals surface area contributed by atoms with Crippen LogP contribution in [0.5, 0.6) is 0 Å². The summed E-state index contributed by atoms with van der Waals surface area (Å²) in [5.74, 6) is 3.00. The molecule has 3 aliphatic rings. The first-order valence-corrected chi connectivity index (χ1v) is 9.48. The van der Waals surface area contributed by atoms with Crippen LogP contribution in [0, 0.1) is 11.8 Å². The Morgan fingerprint density at radius 1 is 1.21 bits per heavy atom. The van der Waals surface area contributed by atoms with E-state index in [0.717, 1.165) is 57.1 Å². The predicted molar refractivity (Wildman–Crippen MR) is 87.4 cm³/mol. The minimum absolute atomic E-state index is 0.191. The first kappa shape index (κ1) is 16.1. The Hall–Kier alpha value is -1.43. The molecule has 1 amide bonds. The average Bonchev–Trinajstić information content (AvgIpc) is 3.26. The fraction of sp³-hybridized carbons (Fsp3) is 0.833. The zero-order chi connectivity index (χ0) is 16.4. The van der Waals surface area contributed by atoms with Crippen LogP contribution in [-0.2, 0) is 16.0 Å². The molecule has 4 rings (SSSR count). The highest BCUT2D eigenvalue weighted by atomic mass is 16.5. The average molecular weight is 333 g/mol. The Bertz CT molecular complexity index is 566. The summed E-state index contributed by atoms with van der Waals surface area (Å²) in [4.78, 5) is 19.0. The van der Waals surface area contributed by atoms with E-state index in [1.54, 1.807) is 0 Å². The van der Waals surface area contributed by atoms with Crippen LogP contribution >= 0.6 is 0 Å². The van der Waals surface area contributed by atoms with Crippen molar-refractivity contribution in [2.75, 3.05) is 26.3 Å². The lowest BCUT2D eigenvalue weighted by atomic mass is 9.83. The van der Waals surface area contributed by atoms with E-state index in [4.69, 9.17) is 9.26 Å². The summed E-state index contributed by atoms with van der Waals surface area (Å²) in [7, 11) is 0. The Labute approximate surface area is 142 Å². The molecule has 0 spiro atoms. The molecule has 2 aliphatic carbocycles. The lowest BCUT2D eigenvalue weighted by Gasteiger charge is -2.36. The molecule has 0 N–H and O–H groups in total. The Kier molecular flexibility index (Phi) is 4.83. The van der Waals surface area contributed by atoms with Crippen molar-refractivity contribution < 1.29 is 14.1 Å². The number of ether oxygens (including phenoxy) is 1. The van der Waals surface area contributed by atoms with Crippen molar-refractivity contribution in [2.45, 2.75) is 57.3 Å². The van der Waals surface area contributed by atoms with Crippen LogP contribution in [0.4, 0.5) is 0 Å². The monoisotopic (exact) mass is 333 g/mol. The number of nitrogens with zero attached hydrogens (tertiary/aromatic N) is 3. The number of aromatic nitrogens is 2. The number of carbonyl (C=O) groups excluding carboxylic acids is 1. The standard InChI is InChI=1S/C18H27N3O3/c22-18(14-3-1-4-14)21-9-2-5-15(11-21)17-19-16(20-24-17)8-10-23-12-13-6-7-13/h13-15H,1-12H2. The van der Waals surface area contributed by atoms with Crippen LogP contribution in [0.25, 0.3) is 0 Å². The lowest BCUT2D eigenvalue weighted by molar-refractivity contribution is -0.139. The van der Waals surface area contributed by atoms with Gasteiger partial charge in [-0.05, 0) is 44.4 Å². The van der Waals surface area contributed by atoms with E-state index < -0.39 is 0 Å². The fourth-order valence-corrected chi connectivity index (χ4v) is 3.53. The van der Waals surface area contributed by atoms with Crippen LogP contribution in [0.2, 0.25) is 0 Å². The molecule has 6 nitrogen and oxygen atoms in total. The van der Waals surface area contributed by atoms with Crippen LogP contribution < -0.4 is 0 Å². The molecular weight excluding hydrogens is 306 g/mol. The lowest BCUT2D eigenvalue weighted by Crippen LogP contribution is -2.44. The summed E-state index contributed by atoms with van der Waals surface area (Å²) in [6.07, 6.45) is 8.68. The van der Waals surface area contributed by atoms with Gasteiger partial charge in [0.05, 0.1) is 12.5 Å². The number of rotatable bonds is 7. The molecule has 1 saturated heterocycles. The number of likely N-dealkylation sites (tertiary alicyclic amines) is 1. The normalized spacial score (nSPS) is 24.8. The summed E-state index contributed by atoms with van der Waals surface area (Å²) in [5.41, 5.74) is 0. The van der Waals surface area contributed by atoms with E-state index in [0.29, 0.717) is 24.8 Å². The number of hydrogen-bond donors (Lipinski definition) is 0. The van der Waals surface area contributed by atoms with Crippen molar-refractivity contribution >= 4 is 5.91 Å². The van der Waals surface area contributed by atoms with Gasteiger partial charge in [0, 0.05) is 32.0 Å². The molecule has 6 heteroatoms. The van der Waals surface area contributed by atoms with Crippen LogP contribution in [0.1, 0.15) is 62.6 Å². The Balaban J connectivity index is 1.27. The minimum atomic E-state index is 0.191. The van der Waals surface area contributed by atoms with Crippen LogP contribution in [-0.4, -0.2) is 47.3 Å². The first-order chi connectivity index (χ1) is 11.8. The van der Waals surface area contributed by atoms with Gasteiger partial charge in [-0.2, -0.15) is 4.98 Å². The maximum Gasteiger partial charge on any atom is 0.231 e. The molecule has 0 radical (unpaired) electrons. The summed E-state index contributed by atoms with van der Waals surface area (Å²) in [5, 5.41) is 4.09. The third-order valence-electron chi connectivity index (χ3n) is 5.54. The molecule has 2 heterocycles. The molecule has 1 atom stereocenters. The highest BCUT2D eigenvalue weighted by molar-refractivity contribution is 5.79. The van der Waals surface area contributed by atoms with Crippen LogP contribution in [0.15, 0.2) is 4.52 Å². The molecule has 1 unspecified atom stereocenters. The quantitative estimate of drug-likeness (QED) is 0.717. The maximum atomic E-state index is 12.4. The van der Waals surface area contributed by atoms with Crippen molar-refractivity contribution in [1.82, 2.24) is 15.0 Å². The third-order valence-corrected chi connectivity index (χ3v) is 5.54. The molecule has 24 heavy (non-hydrogen) atoms. The van der Waals surface area contributed by atoms with E-state index in [9.17, 15) is 4.79 Å². The summed E-state index contributed by atoms with van der Waals surface area (Å²) < 4.78 is 11.1. The van der Waals surface area contributed by atoms with Crippen molar-refractivity contribution in [3.63, 3.8) is 0 Å². The van der Waals surface area contributed by atoms with Gasteiger partial charge in [-0.1, -0.05) is 11.6 Å². The molecule has 1 aliphatic heterocycles. The SMILES string of the molecule is O=C(C1CCC1)N1CCCC(c2nc(CCOCC3CC3)no2)C1. The van der Waals surface area contributed by atoms with Gasteiger partial charge < -0.3 is 14.2 Å². The molecular formula is C18H27N3O3. The second-order valence-electron chi connectivity index (χ2n) is 7.57. The van der Waals surface area contributed by atoms with Gasteiger partial charge in [0.2, 0.25) is 11.8 Å². The zero-order valence-corrected chi connectivity index (χ0v) is 14.3. The Morgan fingerprint density at radius 3 is 2.83 bits per heavy atom. The number of carbonyl (C=O) groups is 1.